The summed E-state index contributed by atoms with van der Waals surface area (Å²) < 4.78 is 2.18. The van der Waals surface area contributed by atoms with Gasteiger partial charge in [-0.05, 0) is 35.7 Å². The van der Waals surface area contributed by atoms with Gasteiger partial charge in [0.2, 0.25) is 0 Å². The summed E-state index contributed by atoms with van der Waals surface area (Å²) in [4.78, 5) is 9.89. The molecule has 0 unspecified atom stereocenters. The van der Waals surface area contributed by atoms with Crippen molar-refractivity contribution < 1.29 is 0 Å². The van der Waals surface area contributed by atoms with Gasteiger partial charge < -0.3 is 0 Å². The number of fused-ring (bicyclic) bond motifs is 5. The maximum absolute atomic E-state index is 4.99. The standard InChI is InChI=1S/C23H19N3/c1-15(2)16-11-13-17(14-12-16)22-24-19-8-4-3-7-18(19)23-25-20-9-5-6-10-21(20)26(22)23/h3-15H,1-2H3. The third-order valence-corrected chi connectivity index (χ3v) is 4.98. The Labute approximate surface area is 152 Å². The molecule has 0 aliphatic rings. The number of rotatable bonds is 2. The molecule has 3 heteroatoms. The van der Waals surface area contributed by atoms with Crippen LogP contribution in [-0.2, 0) is 0 Å². The number of hydrogen-bond donors (Lipinski definition) is 0. The molecule has 26 heavy (non-hydrogen) atoms. The van der Waals surface area contributed by atoms with Crippen LogP contribution in [0.25, 0.3) is 39.0 Å². The first-order chi connectivity index (χ1) is 12.7. The van der Waals surface area contributed by atoms with E-state index in [1.807, 2.05) is 18.2 Å². The van der Waals surface area contributed by atoms with Crippen molar-refractivity contribution in [1.29, 1.82) is 0 Å². The van der Waals surface area contributed by atoms with Gasteiger partial charge in [-0.1, -0.05) is 62.4 Å². The predicted octanol–water partition coefficient (Wildman–Crippen LogP) is 5.83. The molecular formula is C23H19N3. The van der Waals surface area contributed by atoms with E-state index in [-0.39, 0.29) is 0 Å². The largest absolute Gasteiger partial charge is 0.276 e. The summed E-state index contributed by atoms with van der Waals surface area (Å²) in [7, 11) is 0. The zero-order valence-electron chi connectivity index (χ0n) is 14.8. The van der Waals surface area contributed by atoms with E-state index in [2.05, 4.69) is 72.8 Å². The van der Waals surface area contributed by atoms with Crippen molar-refractivity contribution >= 4 is 27.6 Å². The zero-order chi connectivity index (χ0) is 17.7. The number of benzene rings is 3. The Morgan fingerprint density at radius 2 is 1.42 bits per heavy atom. The Hall–Kier alpha value is -3.20. The fourth-order valence-corrected chi connectivity index (χ4v) is 3.56. The van der Waals surface area contributed by atoms with Crippen molar-refractivity contribution in [2.45, 2.75) is 19.8 Å². The van der Waals surface area contributed by atoms with Crippen LogP contribution in [0.5, 0.6) is 0 Å². The topological polar surface area (TPSA) is 30.2 Å². The Balaban J connectivity index is 1.90. The zero-order valence-corrected chi connectivity index (χ0v) is 14.8. The maximum Gasteiger partial charge on any atom is 0.149 e. The molecule has 0 N–H and O–H groups in total. The van der Waals surface area contributed by atoms with E-state index in [9.17, 15) is 0 Å². The van der Waals surface area contributed by atoms with Crippen LogP contribution < -0.4 is 0 Å². The van der Waals surface area contributed by atoms with Crippen LogP contribution in [0.4, 0.5) is 0 Å². The van der Waals surface area contributed by atoms with E-state index in [4.69, 9.17) is 9.97 Å². The molecule has 2 heterocycles. The minimum absolute atomic E-state index is 0.516. The summed E-state index contributed by atoms with van der Waals surface area (Å²) in [5.74, 6) is 1.45. The van der Waals surface area contributed by atoms with Crippen molar-refractivity contribution in [3.05, 3.63) is 78.4 Å². The Bertz CT molecular complexity index is 1250. The van der Waals surface area contributed by atoms with Crippen molar-refractivity contribution in [2.75, 3.05) is 0 Å². The summed E-state index contributed by atoms with van der Waals surface area (Å²) in [6.45, 7) is 4.43. The third kappa shape index (κ3) is 2.21. The number of nitrogens with zero attached hydrogens (tertiary/aromatic N) is 3. The lowest BCUT2D eigenvalue weighted by Gasteiger charge is -2.11. The molecule has 0 bridgehead atoms. The highest BCUT2D eigenvalue weighted by Gasteiger charge is 2.15. The molecule has 0 spiro atoms. The van der Waals surface area contributed by atoms with E-state index in [1.54, 1.807) is 0 Å². The Kier molecular flexibility index (Phi) is 3.29. The number of hydrogen-bond acceptors (Lipinski definition) is 2. The monoisotopic (exact) mass is 337 g/mol. The van der Waals surface area contributed by atoms with Gasteiger partial charge in [-0.25, -0.2) is 9.97 Å². The van der Waals surface area contributed by atoms with Crippen LogP contribution in [0.15, 0.2) is 72.8 Å². The number of aromatic nitrogens is 3. The van der Waals surface area contributed by atoms with Crippen molar-refractivity contribution in [2.24, 2.45) is 0 Å². The van der Waals surface area contributed by atoms with Crippen LogP contribution >= 0.6 is 0 Å². The van der Waals surface area contributed by atoms with Crippen LogP contribution in [-0.4, -0.2) is 14.4 Å². The first-order valence-corrected chi connectivity index (χ1v) is 8.98. The molecule has 5 aromatic rings. The van der Waals surface area contributed by atoms with Gasteiger partial charge in [0.25, 0.3) is 0 Å². The lowest BCUT2D eigenvalue weighted by atomic mass is 10.0. The molecule has 0 saturated heterocycles. The molecule has 0 amide bonds. The highest BCUT2D eigenvalue weighted by molar-refractivity contribution is 5.98. The molecule has 0 saturated carbocycles. The maximum atomic E-state index is 4.99. The molecule has 0 atom stereocenters. The van der Waals surface area contributed by atoms with Gasteiger partial charge in [0.05, 0.1) is 16.6 Å². The summed E-state index contributed by atoms with van der Waals surface area (Å²) in [6.07, 6.45) is 0. The second kappa shape index (κ2) is 5.67. The molecule has 126 valence electrons. The summed E-state index contributed by atoms with van der Waals surface area (Å²) in [6, 6.07) is 25.2. The van der Waals surface area contributed by atoms with Crippen LogP contribution in [0.1, 0.15) is 25.3 Å². The quantitative estimate of drug-likeness (QED) is 0.406. The first-order valence-electron chi connectivity index (χ1n) is 8.98. The van der Waals surface area contributed by atoms with Crippen LogP contribution in [0.2, 0.25) is 0 Å². The van der Waals surface area contributed by atoms with E-state index < -0.39 is 0 Å². The predicted molar refractivity (Wildman–Crippen MR) is 108 cm³/mol. The van der Waals surface area contributed by atoms with Crippen LogP contribution in [0.3, 0.4) is 0 Å². The Morgan fingerprint density at radius 1 is 0.731 bits per heavy atom. The van der Waals surface area contributed by atoms with E-state index in [1.165, 1.54) is 5.56 Å². The molecule has 0 fully saturated rings. The SMILES string of the molecule is CC(C)c1ccc(-c2nc3ccccc3c3nc4ccccc4n23)cc1. The average Bonchev–Trinajstić information content (AvgIpc) is 3.07. The third-order valence-electron chi connectivity index (χ3n) is 4.98. The minimum Gasteiger partial charge on any atom is -0.276 e. The fourth-order valence-electron chi connectivity index (χ4n) is 3.56. The molecule has 0 aliphatic carbocycles. The van der Waals surface area contributed by atoms with Gasteiger partial charge in [-0.15, -0.1) is 0 Å². The lowest BCUT2D eigenvalue weighted by molar-refractivity contribution is 0.867. The summed E-state index contributed by atoms with van der Waals surface area (Å²) in [5.41, 5.74) is 6.45. The molecule has 0 aliphatic heterocycles. The molecule has 2 aromatic heterocycles. The van der Waals surface area contributed by atoms with E-state index >= 15 is 0 Å². The average molecular weight is 337 g/mol. The number of imidazole rings is 1. The first kappa shape index (κ1) is 15.1. The molecule has 3 aromatic carbocycles. The Morgan fingerprint density at radius 3 is 2.19 bits per heavy atom. The smallest absolute Gasteiger partial charge is 0.149 e. The van der Waals surface area contributed by atoms with Gasteiger partial charge in [0.15, 0.2) is 0 Å². The second-order valence-electron chi connectivity index (χ2n) is 6.99. The number of para-hydroxylation sites is 3. The molecule has 5 rings (SSSR count). The van der Waals surface area contributed by atoms with Crippen molar-refractivity contribution in [3.8, 4) is 11.4 Å². The summed E-state index contributed by atoms with van der Waals surface area (Å²) in [5, 5.41) is 1.08. The second-order valence-corrected chi connectivity index (χ2v) is 6.99. The molecule has 0 radical (unpaired) electrons. The van der Waals surface area contributed by atoms with Crippen molar-refractivity contribution in [3.63, 3.8) is 0 Å². The van der Waals surface area contributed by atoms with E-state index in [0.717, 1.165) is 39.0 Å². The normalized spacial score (nSPS) is 11.8. The molecular weight excluding hydrogens is 318 g/mol. The van der Waals surface area contributed by atoms with Crippen LogP contribution in [0, 0.1) is 0 Å². The van der Waals surface area contributed by atoms with Gasteiger partial charge in [-0.2, -0.15) is 0 Å². The molecule has 3 nitrogen and oxygen atoms in total. The lowest BCUT2D eigenvalue weighted by Crippen LogP contribution is -1.98. The fraction of sp³-hybridized carbons (Fsp3) is 0.130. The van der Waals surface area contributed by atoms with Gasteiger partial charge in [-0.3, -0.25) is 4.40 Å². The van der Waals surface area contributed by atoms with Crippen molar-refractivity contribution in [1.82, 2.24) is 14.4 Å². The van der Waals surface area contributed by atoms with Gasteiger partial charge >= 0.3 is 0 Å². The van der Waals surface area contributed by atoms with Gasteiger partial charge in [0.1, 0.15) is 11.5 Å². The highest BCUT2D eigenvalue weighted by Crippen LogP contribution is 2.30. The highest BCUT2D eigenvalue weighted by atomic mass is 15.1. The van der Waals surface area contributed by atoms with Gasteiger partial charge in [0, 0.05) is 10.9 Å². The summed E-state index contributed by atoms with van der Waals surface area (Å²) >= 11 is 0. The van der Waals surface area contributed by atoms with E-state index in [0.29, 0.717) is 5.92 Å². The minimum atomic E-state index is 0.516.